The van der Waals surface area contributed by atoms with Crippen molar-refractivity contribution in [2.75, 3.05) is 44.8 Å². The van der Waals surface area contributed by atoms with Gasteiger partial charge in [0.05, 0.1) is 23.1 Å². The largest absolute Gasteiger partial charge is 0.381 e. The minimum atomic E-state index is 0.0340. The van der Waals surface area contributed by atoms with Crippen molar-refractivity contribution in [3.63, 3.8) is 0 Å². The van der Waals surface area contributed by atoms with Crippen LogP contribution in [-0.4, -0.2) is 55.7 Å². The maximum atomic E-state index is 12.4. The minimum absolute atomic E-state index is 0.0340. The Kier molecular flexibility index (Phi) is 5.77. The summed E-state index contributed by atoms with van der Waals surface area (Å²) in [5.74, 6) is 1.47. The van der Waals surface area contributed by atoms with Gasteiger partial charge in [-0.15, -0.1) is 0 Å². The standard InChI is InChI=1S/C18H23ClN4O2/c1-22(18(24)15-4-7-25-12-15)11-13-2-5-23(6-3-13)17-16(19)8-14(9-20)10-21-17/h8,10,13,15H,2-7,11-12H2,1H3. The van der Waals surface area contributed by atoms with Gasteiger partial charge < -0.3 is 14.5 Å². The highest BCUT2D eigenvalue weighted by atomic mass is 35.5. The number of hydrogen-bond acceptors (Lipinski definition) is 5. The summed E-state index contributed by atoms with van der Waals surface area (Å²) >= 11 is 6.26. The molecule has 1 amide bonds. The Morgan fingerprint density at radius 3 is 2.84 bits per heavy atom. The summed E-state index contributed by atoms with van der Waals surface area (Å²) in [5, 5.41) is 9.42. The van der Waals surface area contributed by atoms with Crippen LogP contribution in [0.25, 0.3) is 0 Å². The molecule has 3 heterocycles. The molecule has 7 heteroatoms. The average Bonchev–Trinajstić information content (AvgIpc) is 3.16. The molecule has 1 aromatic rings. The maximum Gasteiger partial charge on any atom is 0.227 e. The first kappa shape index (κ1) is 18.0. The molecule has 0 spiro atoms. The SMILES string of the molecule is CN(CC1CCN(c2ncc(C#N)cc2Cl)CC1)C(=O)C1CCOC1. The summed E-state index contributed by atoms with van der Waals surface area (Å²) in [5.41, 5.74) is 0.472. The molecule has 1 aromatic heterocycles. The van der Waals surface area contributed by atoms with Crippen LogP contribution < -0.4 is 4.90 Å². The van der Waals surface area contributed by atoms with Crippen LogP contribution in [0.4, 0.5) is 5.82 Å². The molecule has 2 aliphatic heterocycles. The van der Waals surface area contributed by atoms with Crippen LogP contribution in [0.3, 0.4) is 0 Å². The predicted octanol–water partition coefficient (Wildman–Crippen LogP) is 2.32. The quantitative estimate of drug-likeness (QED) is 0.822. The number of nitrogens with zero attached hydrogens (tertiary/aromatic N) is 4. The third-order valence-corrected chi connectivity index (χ3v) is 5.33. The highest BCUT2D eigenvalue weighted by molar-refractivity contribution is 6.33. The Hall–Kier alpha value is -1.84. The first-order chi connectivity index (χ1) is 12.1. The van der Waals surface area contributed by atoms with Crippen LogP contribution in [0.5, 0.6) is 0 Å². The fraction of sp³-hybridized carbons (Fsp3) is 0.611. The smallest absolute Gasteiger partial charge is 0.227 e. The Labute approximate surface area is 153 Å². The zero-order valence-corrected chi connectivity index (χ0v) is 15.2. The summed E-state index contributed by atoms with van der Waals surface area (Å²) in [6.07, 6.45) is 4.39. The molecule has 25 heavy (non-hydrogen) atoms. The summed E-state index contributed by atoms with van der Waals surface area (Å²) in [4.78, 5) is 20.8. The van der Waals surface area contributed by atoms with Crippen molar-refractivity contribution < 1.29 is 9.53 Å². The van der Waals surface area contributed by atoms with E-state index in [1.165, 1.54) is 0 Å². The van der Waals surface area contributed by atoms with E-state index in [0.29, 0.717) is 29.7 Å². The van der Waals surface area contributed by atoms with Gasteiger partial charge in [-0.05, 0) is 31.2 Å². The molecule has 0 radical (unpaired) electrons. The second-order valence-electron chi connectivity index (χ2n) is 6.85. The number of rotatable bonds is 4. The molecule has 3 rings (SSSR count). The number of pyridine rings is 1. The number of amides is 1. The van der Waals surface area contributed by atoms with Gasteiger partial charge in [0.25, 0.3) is 0 Å². The Morgan fingerprint density at radius 2 is 2.24 bits per heavy atom. The molecular weight excluding hydrogens is 340 g/mol. The normalized spacial score (nSPS) is 21.2. The lowest BCUT2D eigenvalue weighted by Crippen LogP contribution is -2.41. The minimum Gasteiger partial charge on any atom is -0.381 e. The van der Waals surface area contributed by atoms with E-state index >= 15 is 0 Å². The molecule has 2 fully saturated rings. The third kappa shape index (κ3) is 4.23. The van der Waals surface area contributed by atoms with Gasteiger partial charge in [-0.1, -0.05) is 11.6 Å². The molecule has 0 N–H and O–H groups in total. The van der Waals surface area contributed by atoms with Crippen molar-refractivity contribution in [2.45, 2.75) is 19.3 Å². The summed E-state index contributed by atoms with van der Waals surface area (Å²) in [6, 6.07) is 3.71. The number of hydrogen-bond donors (Lipinski definition) is 0. The van der Waals surface area contributed by atoms with Crippen LogP contribution >= 0.6 is 11.6 Å². The number of anilines is 1. The van der Waals surface area contributed by atoms with E-state index in [9.17, 15) is 4.79 Å². The van der Waals surface area contributed by atoms with Crippen LogP contribution in [0.15, 0.2) is 12.3 Å². The number of piperidine rings is 1. The van der Waals surface area contributed by atoms with Gasteiger partial charge >= 0.3 is 0 Å². The lowest BCUT2D eigenvalue weighted by molar-refractivity contribution is -0.134. The van der Waals surface area contributed by atoms with Crippen LogP contribution in [0.1, 0.15) is 24.8 Å². The van der Waals surface area contributed by atoms with Crippen LogP contribution in [0.2, 0.25) is 5.02 Å². The fourth-order valence-corrected chi connectivity index (χ4v) is 3.86. The number of carbonyl (C=O) groups is 1. The van der Waals surface area contributed by atoms with Gasteiger partial charge in [-0.25, -0.2) is 4.98 Å². The van der Waals surface area contributed by atoms with Gasteiger partial charge in [-0.3, -0.25) is 4.79 Å². The van der Waals surface area contributed by atoms with E-state index in [-0.39, 0.29) is 11.8 Å². The van der Waals surface area contributed by atoms with Crippen molar-refractivity contribution in [2.24, 2.45) is 11.8 Å². The maximum absolute atomic E-state index is 12.4. The van der Waals surface area contributed by atoms with E-state index in [4.69, 9.17) is 21.6 Å². The summed E-state index contributed by atoms with van der Waals surface area (Å²) in [6.45, 7) is 3.76. The Balaban J connectivity index is 1.51. The number of carbonyl (C=O) groups excluding carboxylic acids is 1. The van der Waals surface area contributed by atoms with Crippen LogP contribution in [-0.2, 0) is 9.53 Å². The summed E-state index contributed by atoms with van der Waals surface area (Å²) in [7, 11) is 1.89. The van der Waals surface area contributed by atoms with E-state index in [1.54, 1.807) is 12.3 Å². The zero-order valence-electron chi connectivity index (χ0n) is 14.4. The van der Waals surface area contributed by atoms with Gasteiger partial charge in [0.1, 0.15) is 11.9 Å². The van der Waals surface area contributed by atoms with Crippen molar-refractivity contribution in [3.8, 4) is 6.07 Å². The molecule has 0 bridgehead atoms. The lowest BCUT2D eigenvalue weighted by atomic mass is 9.95. The van der Waals surface area contributed by atoms with Crippen molar-refractivity contribution in [3.05, 3.63) is 22.8 Å². The molecule has 6 nitrogen and oxygen atoms in total. The van der Waals surface area contributed by atoms with Gasteiger partial charge in [0, 0.05) is 39.5 Å². The van der Waals surface area contributed by atoms with Crippen molar-refractivity contribution >= 4 is 23.3 Å². The highest BCUT2D eigenvalue weighted by Gasteiger charge is 2.29. The second-order valence-corrected chi connectivity index (χ2v) is 7.26. The topological polar surface area (TPSA) is 69.5 Å². The monoisotopic (exact) mass is 362 g/mol. The van der Waals surface area contributed by atoms with E-state index in [1.807, 2.05) is 18.0 Å². The van der Waals surface area contributed by atoms with Gasteiger partial charge in [0.15, 0.2) is 0 Å². The fourth-order valence-electron chi connectivity index (χ4n) is 3.57. The van der Waals surface area contributed by atoms with Gasteiger partial charge in [-0.2, -0.15) is 5.26 Å². The van der Waals surface area contributed by atoms with Crippen molar-refractivity contribution in [1.82, 2.24) is 9.88 Å². The number of nitriles is 1. The predicted molar refractivity (Wildman–Crippen MR) is 95.5 cm³/mol. The number of aromatic nitrogens is 1. The molecule has 1 unspecified atom stereocenters. The zero-order chi connectivity index (χ0) is 17.8. The first-order valence-electron chi connectivity index (χ1n) is 8.71. The Morgan fingerprint density at radius 1 is 1.48 bits per heavy atom. The molecular formula is C18H23ClN4O2. The molecule has 0 aromatic carbocycles. The van der Waals surface area contributed by atoms with E-state index in [2.05, 4.69) is 9.88 Å². The van der Waals surface area contributed by atoms with Crippen LogP contribution in [0, 0.1) is 23.2 Å². The lowest BCUT2D eigenvalue weighted by Gasteiger charge is -2.35. The third-order valence-electron chi connectivity index (χ3n) is 5.05. The van der Waals surface area contributed by atoms with E-state index < -0.39 is 0 Å². The number of halogens is 1. The van der Waals surface area contributed by atoms with Crippen molar-refractivity contribution in [1.29, 1.82) is 5.26 Å². The molecule has 134 valence electrons. The average molecular weight is 363 g/mol. The van der Waals surface area contributed by atoms with E-state index in [0.717, 1.165) is 44.7 Å². The molecule has 2 aliphatic rings. The molecule has 0 saturated carbocycles. The number of ether oxygens (including phenoxy) is 1. The highest BCUT2D eigenvalue weighted by Crippen LogP contribution is 2.28. The first-order valence-corrected chi connectivity index (χ1v) is 9.09. The second kappa shape index (κ2) is 8.03. The summed E-state index contributed by atoms with van der Waals surface area (Å²) < 4.78 is 5.32. The molecule has 2 saturated heterocycles. The molecule has 1 atom stereocenters. The van der Waals surface area contributed by atoms with Gasteiger partial charge in [0.2, 0.25) is 5.91 Å². The molecule has 0 aliphatic carbocycles. The Bertz CT molecular complexity index is 662.